The summed E-state index contributed by atoms with van der Waals surface area (Å²) in [5.41, 5.74) is 1.04. The van der Waals surface area contributed by atoms with Crippen molar-refractivity contribution in [1.82, 2.24) is 9.97 Å². The lowest BCUT2D eigenvalue weighted by atomic mass is 10.1. The monoisotopic (exact) mass is 386 g/mol. The summed E-state index contributed by atoms with van der Waals surface area (Å²) >= 11 is 0. The molecule has 2 rings (SSSR count). The number of hydrogen-bond acceptors (Lipinski definition) is 8. The maximum Gasteiger partial charge on any atom is 0.146 e. The number of pyridine rings is 2. The van der Waals surface area contributed by atoms with Crippen molar-refractivity contribution in [2.75, 3.05) is 13.2 Å². The van der Waals surface area contributed by atoms with Gasteiger partial charge in [-0.3, -0.25) is 9.97 Å². The topological polar surface area (TPSA) is 109 Å². The SMILES string of the molecule is O/N=C\c1ncccc1OCCCCCCCCOc1cccnc1/C=N\O. The van der Waals surface area contributed by atoms with Crippen LogP contribution in [-0.4, -0.2) is 46.0 Å². The standard InChI is InChI=1S/C20H26N4O4/c25-23-15-17-19(9-7-11-21-17)27-13-5-3-1-2-4-6-14-28-20-10-8-12-22-18(20)16-24-26/h7-12,15-16,25-26H,1-6,13-14H2/b23-15-,24-16-. The first-order valence-electron chi connectivity index (χ1n) is 9.35. The molecule has 0 atom stereocenters. The van der Waals surface area contributed by atoms with E-state index >= 15 is 0 Å². The molecule has 0 saturated heterocycles. The van der Waals surface area contributed by atoms with Crippen LogP contribution in [0.1, 0.15) is 49.9 Å². The van der Waals surface area contributed by atoms with Crippen molar-refractivity contribution in [3.63, 3.8) is 0 Å². The van der Waals surface area contributed by atoms with Crippen molar-refractivity contribution in [3.05, 3.63) is 48.0 Å². The van der Waals surface area contributed by atoms with Crippen LogP contribution in [0.2, 0.25) is 0 Å². The lowest BCUT2D eigenvalue weighted by molar-refractivity contribution is 0.294. The van der Waals surface area contributed by atoms with E-state index in [-0.39, 0.29) is 0 Å². The molecule has 8 heteroatoms. The van der Waals surface area contributed by atoms with Crippen molar-refractivity contribution in [2.24, 2.45) is 10.3 Å². The molecule has 0 unspecified atom stereocenters. The van der Waals surface area contributed by atoms with Gasteiger partial charge in [0.2, 0.25) is 0 Å². The molecule has 0 aliphatic rings. The van der Waals surface area contributed by atoms with Crippen LogP contribution >= 0.6 is 0 Å². The molecular weight excluding hydrogens is 360 g/mol. The van der Waals surface area contributed by atoms with Crippen LogP contribution in [0.4, 0.5) is 0 Å². The van der Waals surface area contributed by atoms with Gasteiger partial charge in [-0.15, -0.1) is 0 Å². The van der Waals surface area contributed by atoms with Crippen LogP contribution in [0.5, 0.6) is 11.5 Å². The smallest absolute Gasteiger partial charge is 0.146 e. The molecule has 0 saturated carbocycles. The lowest BCUT2D eigenvalue weighted by Gasteiger charge is -2.08. The maximum absolute atomic E-state index is 8.62. The number of aromatic nitrogens is 2. The predicted molar refractivity (Wildman–Crippen MR) is 106 cm³/mol. The van der Waals surface area contributed by atoms with Crippen molar-refractivity contribution < 1.29 is 19.9 Å². The fourth-order valence-electron chi connectivity index (χ4n) is 2.63. The first-order valence-corrected chi connectivity index (χ1v) is 9.35. The van der Waals surface area contributed by atoms with E-state index < -0.39 is 0 Å². The highest BCUT2D eigenvalue weighted by Gasteiger charge is 2.03. The molecular formula is C20H26N4O4. The summed E-state index contributed by atoms with van der Waals surface area (Å²) in [5, 5.41) is 23.2. The van der Waals surface area contributed by atoms with E-state index in [9.17, 15) is 0 Å². The molecule has 2 aromatic heterocycles. The Morgan fingerprint density at radius 3 is 1.57 bits per heavy atom. The highest BCUT2D eigenvalue weighted by atomic mass is 16.5. The fourth-order valence-corrected chi connectivity index (χ4v) is 2.63. The third-order valence-electron chi connectivity index (χ3n) is 4.01. The zero-order valence-corrected chi connectivity index (χ0v) is 15.8. The summed E-state index contributed by atoms with van der Waals surface area (Å²) < 4.78 is 11.4. The van der Waals surface area contributed by atoms with E-state index in [2.05, 4.69) is 20.3 Å². The van der Waals surface area contributed by atoms with Gasteiger partial charge in [0.05, 0.1) is 25.6 Å². The van der Waals surface area contributed by atoms with Gasteiger partial charge >= 0.3 is 0 Å². The Hall–Kier alpha value is -3.16. The van der Waals surface area contributed by atoms with Gasteiger partial charge in [-0.1, -0.05) is 36.0 Å². The number of rotatable bonds is 13. The van der Waals surface area contributed by atoms with Crippen LogP contribution in [0.15, 0.2) is 47.0 Å². The van der Waals surface area contributed by atoms with Crippen LogP contribution in [0.3, 0.4) is 0 Å². The van der Waals surface area contributed by atoms with Crippen LogP contribution < -0.4 is 9.47 Å². The van der Waals surface area contributed by atoms with E-state index in [0.717, 1.165) is 38.5 Å². The second-order valence-corrected chi connectivity index (χ2v) is 6.08. The van der Waals surface area contributed by atoms with Crippen molar-refractivity contribution >= 4 is 12.4 Å². The summed E-state index contributed by atoms with van der Waals surface area (Å²) in [7, 11) is 0. The molecule has 0 amide bonds. The minimum absolute atomic E-state index is 0.520. The average molecular weight is 386 g/mol. The van der Waals surface area contributed by atoms with Gasteiger partial charge in [-0.05, 0) is 37.1 Å². The van der Waals surface area contributed by atoms with Gasteiger partial charge in [-0.2, -0.15) is 0 Å². The number of unbranched alkanes of at least 4 members (excludes halogenated alkanes) is 5. The summed E-state index contributed by atoms with van der Waals surface area (Å²) in [4.78, 5) is 8.19. The van der Waals surface area contributed by atoms with E-state index in [1.807, 2.05) is 12.1 Å². The maximum atomic E-state index is 8.62. The minimum atomic E-state index is 0.520. The molecule has 28 heavy (non-hydrogen) atoms. The van der Waals surface area contributed by atoms with E-state index in [0.29, 0.717) is 36.1 Å². The number of oxime groups is 2. The molecule has 0 spiro atoms. The van der Waals surface area contributed by atoms with Gasteiger partial charge in [0.25, 0.3) is 0 Å². The predicted octanol–water partition coefficient (Wildman–Crippen LogP) is 3.89. The number of hydrogen-bond donors (Lipinski definition) is 2. The Morgan fingerprint density at radius 2 is 1.14 bits per heavy atom. The van der Waals surface area contributed by atoms with Crippen molar-refractivity contribution in [3.8, 4) is 11.5 Å². The summed E-state index contributed by atoms with van der Waals surface area (Å²) in [6.07, 6.45) is 12.2. The zero-order chi connectivity index (χ0) is 19.9. The largest absolute Gasteiger partial charge is 0.491 e. The Kier molecular flexibility index (Phi) is 9.87. The molecule has 0 aliphatic carbocycles. The van der Waals surface area contributed by atoms with E-state index in [1.165, 1.54) is 12.4 Å². The van der Waals surface area contributed by atoms with E-state index in [1.54, 1.807) is 24.5 Å². The Labute approximate surface area is 164 Å². The average Bonchev–Trinajstić information content (AvgIpc) is 2.72. The summed E-state index contributed by atoms with van der Waals surface area (Å²) in [6.45, 7) is 1.22. The molecule has 150 valence electrons. The molecule has 0 fully saturated rings. The molecule has 8 nitrogen and oxygen atoms in total. The normalized spacial score (nSPS) is 11.3. The molecule has 0 radical (unpaired) electrons. The van der Waals surface area contributed by atoms with Gasteiger partial charge < -0.3 is 19.9 Å². The minimum Gasteiger partial charge on any atom is -0.491 e. The van der Waals surface area contributed by atoms with E-state index in [4.69, 9.17) is 19.9 Å². The summed E-state index contributed by atoms with van der Waals surface area (Å²) in [6, 6.07) is 7.20. The molecule has 2 heterocycles. The number of nitrogens with zero attached hydrogens (tertiary/aromatic N) is 4. The zero-order valence-electron chi connectivity index (χ0n) is 15.8. The van der Waals surface area contributed by atoms with Gasteiger partial charge in [0.15, 0.2) is 0 Å². The highest BCUT2D eigenvalue weighted by Crippen LogP contribution is 2.16. The Balaban J connectivity index is 1.51. The second-order valence-electron chi connectivity index (χ2n) is 6.08. The van der Waals surface area contributed by atoms with Gasteiger partial charge in [0, 0.05) is 12.4 Å². The highest BCUT2D eigenvalue weighted by molar-refractivity contribution is 5.80. The fraction of sp³-hybridized carbons (Fsp3) is 0.400. The number of ether oxygens (including phenoxy) is 2. The quantitative estimate of drug-likeness (QED) is 0.234. The van der Waals surface area contributed by atoms with Crippen LogP contribution in [-0.2, 0) is 0 Å². The van der Waals surface area contributed by atoms with Crippen LogP contribution in [0.25, 0.3) is 0 Å². The van der Waals surface area contributed by atoms with Gasteiger partial charge in [-0.25, -0.2) is 0 Å². The second kappa shape index (κ2) is 13.1. The first kappa shape index (κ1) is 21.1. The lowest BCUT2D eigenvalue weighted by Crippen LogP contribution is -2.02. The van der Waals surface area contributed by atoms with Crippen molar-refractivity contribution in [1.29, 1.82) is 0 Å². The van der Waals surface area contributed by atoms with Gasteiger partial charge in [0.1, 0.15) is 22.9 Å². The molecule has 0 aromatic carbocycles. The Bertz CT molecular complexity index is 689. The molecule has 0 bridgehead atoms. The van der Waals surface area contributed by atoms with Crippen LogP contribution in [0, 0.1) is 0 Å². The summed E-state index contributed by atoms with van der Waals surface area (Å²) in [5.74, 6) is 1.25. The van der Waals surface area contributed by atoms with Crippen molar-refractivity contribution in [2.45, 2.75) is 38.5 Å². The Morgan fingerprint density at radius 1 is 0.714 bits per heavy atom. The first-order chi connectivity index (χ1) is 13.8. The molecule has 2 aromatic rings. The molecule has 0 aliphatic heterocycles. The third kappa shape index (κ3) is 7.61. The molecule has 2 N–H and O–H groups in total. The third-order valence-corrected chi connectivity index (χ3v) is 4.01.